The van der Waals surface area contributed by atoms with Crippen LogP contribution in [0.2, 0.25) is 0 Å². The first kappa shape index (κ1) is 26.1. The minimum absolute atomic E-state index is 0. The van der Waals surface area contributed by atoms with Crippen molar-refractivity contribution in [3.05, 3.63) is 29.8 Å². The molecule has 0 aliphatic rings. The molecule has 11 heteroatoms. The third-order valence-corrected chi connectivity index (χ3v) is 3.84. The zero-order valence-corrected chi connectivity index (χ0v) is 17.2. The van der Waals surface area contributed by atoms with Gasteiger partial charge in [-0.15, -0.1) is 12.4 Å². The second-order valence-electron chi connectivity index (χ2n) is 6.24. The molecule has 29 heavy (non-hydrogen) atoms. The third-order valence-electron chi connectivity index (χ3n) is 3.84. The zero-order chi connectivity index (χ0) is 21.3. The Bertz CT molecular complexity index is 713. The second-order valence-corrected chi connectivity index (χ2v) is 6.24. The molecule has 0 saturated heterocycles. The summed E-state index contributed by atoms with van der Waals surface area (Å²) in [6, 6.07) is 3.63. The fourth-order valence-electron chi connectivity index (χ4n) is 2.21. The number of methoxy groups -OCH3 is 1. The highest BCUT2D eigenvalue weighted by Crippen LogP contribution is 2.10. The van der Waals surface area contributed by atoms with E-state index in [0.717, 1.165) is 5.56 Å². The summed E-state index contributed by atoms with van der Waals surface area (Å²) in [5.74, 6) is -2.18. The van der Waals surface area contributed by atoms with Gasteiger partial charge in [0, 0.05) is 0 Å². The number of carbonyl (C=O) groups excluding carboxylic acids is 4. The summed E-state index contributed by atoms with van der Waals surface area (Å²) < 4.78 is 4.48. The number of carbonyl (C=O) groups is 4. The Labute approximate surface area is 175 Å². The van der Waals surface area contributed by atoms with Gasteiger partial charge in [-0.3, -0.25) is 14.4 Å². The lowest BCUT2D eigenvalue weighted by Crippen LogP contribution is -2.52. The molecule has 10 nitrogen and oxygen atoms in total. The van der Waals surface area contributed by atoms with Crippen LogP contribution in [0.3, 0.4) is 0 Å². The molecular weight excluding hydrogens is 404 g/mol. The van der Waals surface area contributed by atoms with Gasteiger partial charge in [-0.05, 0) is 38.0 Å². The molecule has 0 saturated carbocycles. The van der Waals surface area contributed by atoms with Crippen LogP contribution in [-0.2, 0) is 30.3 Å². The average molecular weight is 431 g/mol. The quantitative estimate of drug-likeness (QED) is 0.313. The van der Waals surface area contributed by atoms with Gasteiger partial charge in [-0.25, -0.2) is 4.79 Å². The molecule has 6 N–H and O–H groups in total. The van der Waals surface area contributed by atoms with Gasteiger partial charge >= 0.3 is 5.97 Å². The van der Waals surface area contributed by atoms with Crippen molar-refractivity contribution in [3.63, 3.8) is 0 Å². The van der Waals surface area contributed by atoms with Gasteiger partial charge in [0.2, 0.25) is 17.7 Å². The fourth-order valence-corrected chi connectivity index (χ4v) is 2.21. The van der Waals surface area contributed by atoms with E-state index < -0.39 is 41.8 Å². The maximum atomic E-state index is 12.1. The highest BCUT2D eigenvalue weighted by atomic mass is 35.5. The number of nitrogens with one attached hydrogen (secondary N) is 3. The number of amides is 3. The first-order valence-electron chi connectivity index (χ1n) is 8.62. The van der Waals surface area contributed by atoms with Crippen molar-refractivity contribution >= 4 is 36.1 Å². The van der Waals surface area contributed by atoms with E-state index in [1.165, 1.54) is 33.1 Å². The van der Waals surface area contributed by atoms with Crippen LogP contribution in [-0.4, -0.2) is 60.6 Å². The molecule has 0 aliphatic heterocycles. The Morgan fingerprint density at radius 1 is 1.03 bits per heavy atom. The number of esters is 1. The van der Waals surface area contributed by atoms with E-state index in [4.69, 9.17) is 5.73 Å². The van der Waals surface area contributed by atoms with E-state index in [2.05, 4.69) is 20.7 Å². The Balaban J connectivity index is 0.00000784. The molecule has 0 spiro atoms. The van der Waals surface area contributed by atoms with Gasteiger partial charge in [0.25, 0.3) is 0 Å². The number of nitrogens with two attached hydrogens (primary N) is 1. The molecule has 0 aromatic heterocycles. The summed E-state index contributed by atoms with van der Waals surface area (Å²) >= 11 is 0. The number of halogens is 1. The predicted molar refractivity (Wildman–Crippen MR) is 107 cm³/mol. The molecule has 3 atom stereocenters. The highest BCUT2D eigenvalue weighted by Gasteiger charge is 2.21. The number of ether oxygens (including phenoxy) is 1. The topological polar surface area (TPSA) is 160 Å². The Morgan fingerprint density at radius 2 is 1.62 bits per heavy atom. The Morgan fingerprint density at radius 3 is 2.17 bits per heavy atom. The highest BCUT2D eigenvalue weighted by molar-refractivity contribution is 5.92. The number of hydrogen-bond acceptors (Lipinski definition) is 7. The second kappa shape index (κ2) is 12.6. The van der Waals surface area contributed by atoms with Crippen LogP contribution in [0.1, 0.15) is 19.4 Å². The number of phenolic OH excluding ortho intramolecular Hbond substituents is 1. The van der Waals surface area contributed by atoms with Gasteiger partial charge < -0.3 is 31.5 Å². The third kappa shape index (κ3) is 9.26. The molecule has 1 rings (SSSR count). The number of phenols is 1. The molecule has 0 radical (unpaired) electrons. The Kier molecular flexibility index (Phi) is 11.3. The maximum Gasteiger partial charge on any atom is 0.328 e. The zero-order valence-electron chi connectivity index (χ0n) is 16.4. The molecule has 0 bridgehead atoms. The molecule has 0 aliphatic carbocycles. The lowest BCUT2D eigenvalue weighted by Gasteiger charge is -2.18. The largest absolute Gasteiger partial charge is 0.508 e. The molecule has 162 valence electrons. The minimum Gasteiger partial charge on any atom is -0.508 e. The van der Waals surface area contributed by atoms with Crippen LogP contribution in [0.25, 0.3) is 0 Å². The van der Waals surface area contributed by atoms with Crippen molar-refractivity contribution in [3.8, 4) is 5.75 Å². The van der Waals surface area contributed by atoms with E-state index in [9.17, 15) is 24.3 Å². The van der Waals surface area contributed by atoms with Crippen molar-refractivity contribution in [1.29, 1.82) is 0 Å². The Hall–Kier alpha value is -2.85. The summed E-state index contributed by atoms with van der Waals surface area (Å²) in [5.41, 5.74) is 6.60. The van der Waals surface area contributed by atoms with Crippen molar-refractivity contribution in [2.75, 3.05) is 13.7 Å². The van der Waals surface area contributed by atoms with Crippen molar-refractivity contribution in [2.24, 2.45) is 5.73 Å². The van der Waals surface area contributed by atoms with Gasteiger partial charge in [0.15, 0.2) is 0 Å². The number of aromatic hydroxyl groups is 1. The predicted octanol–water partition coefficient (Wildman–Crippen LogP) is -1.02. The summed E-state index contributed by atoms with van der Waals surface area (Å²) in [4.78, 5) is 47.1. The summed E-state index contributed by atoms with van der Waals surface area (Å²) in [6.07, 6.45) is 0.230. The lowest BCUT2D eigenvalue weighted by atomic mass is 10.1. The SMILES string of the molecule is COC(=O)C(C)NC(=O)CNC(=O)[C@H](C)NC(=O)C(N)Cc1ccc(O)cc1.Cl. The summed E-state index contributed by atoms with van der Waals surface area (Å²) in [6.45, 7) is 2.54. The van der Waals surface area contributed by atoms with E-state index in [1.807, 2.05) is 0 Å². The standard InChI is InChI=1S/C18H26N4O6.ClH/c1-10(16(25)20-9-15(24)21-11(2)18(27)28-3)22-17(26)14(19)8-12-4-6-13(23)7-5-12;/h4-7,10-11,14,23H,8-9,19H2,1-3H3,(H,20,25)(H,21,24)(H,22,26);1H/t10-,11?,14?;/m0./s1. The summed E-state index contributed by atoms with van der Waals surface area (Å²) in [5, 5.41) is 16.4. The number of benzene rings is 1. The summed E-state index contributed by atoms with van der Waals surface area (Å²) in [7, 11) is 1.20. The van der Waals surface area contributed by atoms with Crippen LogP contribution in [0.4, 0.5) is 0 Å². The van der Waals surface area contributed by atoms with E-state index in [0.29, 0.717) is 0 Å². The molecule has 2 unspecified atom stereocenters. The number of hydrogen-bond donors (Lipinski definition) is 5. The van der Waals surface area contributed by atoms with Gasteiger partial charge in [-0.1, -0.05) is 12.1 Å². The average Bonchev–Trinajstić information content (AvgIpc) is 2.66. The first-order valence-corrected chi connectivity index (χ1v) is 8.62. The number of rotatable bonds is 9. The molecule has 0 heterocycles. The van der Waals surface area contributed by atoms with Crippen LogP contribution < -0.4 is 21.7 Å². The van der Waals surface area contributed by atoms with E-state index in [-0.39, 0.29) is 31.1 Å². The monoisotopic (exact) mass is 430 g/mol. The van der Waals surface area contributed by atoms with Gasteiger partial charge in [0.05, 0.1) is 19.7 Å². The molecule has 1 aromatic carbocycles. The first-order chi connectivity index (χ1) is 13.1. The molecule has 3 amide bonds. The molecular formula is C18H27ClN4O6. The minimum atomic E-state index is -0.913. The van der Waals surface area contributed by atoms with E-state index in [1.54, 1.807) is 12.1 Å². The molecule has 1 aromatic rings. The van der Waals surface area contributed by atoms with Crippen LogP contribution in [0.15, 0.2) is 24.3 Å². The van der Waals surface area contributed by atoms with Crippen LogP contribution in [0, 0.1) is 0 Å². The fraction of sp³-hybridized carbons (Fsp3) is 0.444. The van der Waals surface area contributed by atoms with E-state index >= 15 is 0 Å². The lowest BCUT2D eigenvalue weighted by molar-refractivity contribution is -0.144. The van der Waals surface area contributed by atoms with Crippen molar-refractivity contribution < 1.29 is 29.0 Å². The normalized spacial score (nSPS) is 13.1. The van der Waals surface area contributed by atoms with Crippen LogP contribution in [0.5, 0.6) is 5.75 Å². The molecule has 0 fully saturated rings. The van der Waals surface area contributed by atoms with Gasteiger partial charge in [-0.2, -0.15) is 0 Å². The maximum absolute atomic E-state index is 12.1. The van der Waals surface area contributed by atoms with Gasteiger partial charge in [0.1, 0.15) is 17.8 Å². The smallest absolute Gasteiger partial charge is 0.328 e. The van der Waals surface area contributed by atoms with Crippen molar-refractivity contribution in [2.45, 2.75) is 38.4 Å². The van der Waals surface area contributed by atoms with Crippen molar-refractivity contribution in [1.82, 2.24) is 16.0 Å². The van der Waals surface area contributed by atoms with Crippen LogP contribution >= 0.6 is 12.4 Å².